The van der Waals surface area contributed by atoms with Gasteiger partial charge in [0.05, 0.1) is 17.6 Å². The minimum Gasteiger partial charge on any atom is -0.391 e. The third-order valence-corrected chi connectivity index (χ3v) is 4.88. The molecule has 2 aliphatic rings. The summed E-state index contributed by atoms with van der Waals surface area (Å²) in [6.07, 6.45) is 4.77. The van der Waals surface area contributed by atoms with Crippen LogP contribution in [0.1, 0.15) is 32.1 Å². The van der Waals surface area contributed by atoms with Crippen LogP contribution in [0, 0.1) is 22.7 Å². The molecule has 1 saturated heterocycles. The van der Waals surface area contributed by atoms with E-state index < -0.39 is 5.41 Å². The molecule has 0 bridgehead atoms. The Morgan fingerprint density at radius 3 is 2.64 bits per heavy atom. The summed E-state index contributed by atoms with van der Waals surface area (Å²) >= 11 is 1.91. The molecule has 0 aromatic carbocycles. The molecule has 1 N–H and O–H groups in total. The van der Waals surface area contributed by atoms with Crippen LogP contribution >= 0.6 is 11.8 Å². The lowest BCUT2D eigenvalue weighted by Crippen LogP contribution is -2.37. The van der Waals surface area contributed by atoms with Crippen molar-refractivity contribution in [1.29, 1.82) is 5.26 Å². The molecule has 3 heteroatoms. The number of nitriles is 1. The second-order valence-corrected chi connectivity index (χ2v) is 5.69. The number of aliphatic hydroxyl groups is 1. The van der Waals surface area contributed by atoms with Crippen LogP contribution in [0.5, 0.6) is 0 Å². The predicted octanol–water partition coefficient (Wildman–Crippen LogP) is 2.18. The van der Waals surface area contributed by atoms with E-state index in [1.165, 1.54) is 0 Å². The molecule has 2 fully saturated rings. The van der Waals surface area contributed by atoms with Gasteiger partial charge in [-0.05, 0) is 36.7 Å². The summed E-state index contributed by atoms with van der Waals surface area (Å²) < 4.78 is 0. The Bertz CT molecular complexity index is 236. The number of aliphatic hydroxyl groups excluding tert-OH is 1. The molecule has 0 aromatic rings. The first-order valence-corrected chi connectivity index (χ1v) is 6.61. The lowest BCUT2D eigenvalue weighted by atomic mass is 9.76. The summed E-state index contributed by atoms with van der Waals surface area (Å²) in [6, 6.07) is 2.39. The zero-order valence-electron chi connectivity index (χ0n) is 8.41. The Hall–Kier alpha value is -0.200. The van der Waals surface area contributed by atoms with Gasteiger partial charge >= 0.3 is 0 Å². The van der Waals surface area contributed by atoms with Gasteiger partial charge in [0.25, 0.3) is 0 Å². The Morgan fingerprint density at radius 2 is 2.14 bits per heavy atom. The van der Waals surface area contributed by atoms with E-state index in [4.69, 9.17) is 0 Å². The van der Waals surface area contributed by atoms with Crippen LogP contribution < -0.4 is 0 Å². The molecule has 78 valence electrons. The van der Waals surface area contributed by atoms with E-state index >= 15 is 0 Å². The van der Waals surface area contributed by atoms with Crippen LogP contribution in [0.4, 0.5) is 0 Å². The van der Waals surface area contributed by atoms with Crippen LogP contribution in [-0.2, 0) is 0 Å². The summed E-state index contributed by atoms with van der Waals surface area (Å²) in [4.78, 5) is 0. The maximum absolute atomic E-state index is 10.3. The van der Waals surface area contributed by atoms with E-state index in [2.05, 4.69) is 6.07 Å². The number of thioether (sulfide) groups is 1. The Kier molecular flexibility index (Phi) is 3.04. The van der Waals surface area contributed by atoms with Crippen molar-refractivity contribution in [2.75, 3.05) is 11.5 Å². The van der Waals surface area contributed by atoms with Crippen molar-refractivity contribution in [2.45, 2.75) is 38.2 Å². The fourth-order valence-electron chi connectivity index (χ4n) is 2.73. The highest BCUT2D eigenvalue weighted by Gasteiger charge is 2.45. The third-order valence-electron chi connectivity index (χ3n) is 3.70. The van der Waals surface area contributed by atoms with Gasteiger partial charge in [-0.25, -0.2) is 0 Å². The molecule has 1 aliphatic carbocycles. The highest BCUT2D eigenvalue weighted by molar-refractivity contribution is 7.99. The van der Waals surface area contributed by atoms with Crippen molar-refractivity contribution in [2.24, 2.45) is 11.3 Å². The lowest BCUT2D eigenvalue weighted by molar-refractivity contribution is 0.0250. The smallest absolute Gasteiger partial charge is 0.0835 e. The molecular formula is C11H17NOS. The van der Waals surface area contributed by atoms with Crippen molar-refractivity contribution in [3.8, 4) is 6.07 Å². The van der Waals surface area contributed by atoms with Crippen molar-refractivity contribution in [3.05, 3.63) is 0 Å². The fourth-order valence-corrected chi connectivity index (χ4v) is 4.02. The Balaban J connectivity index is 2.07. The first-order chi connectivity index (χ1) is 6.78. The van der Waals surface area contributed by atoms with Gasteiger partial charge in [-0.3, -0.25) is 0 Å². The lowest BCUT2D eigenvalue weighted by Gasteiger charge is -2.30. The van der Waals surface area contributed by atoms with Gasteiger partial charge in [0.1, 0.15) is 0 Å². The highest BCUT2D eigenvalue weighted by atomic mass is 32.2. The van der Waals surface area contributed by atoms with E-state index in [0.29, 0.717) is 5.92 Å². The van der Waals surface area contributed by atoms with Gasteiger partial charge in [0.2, 0.25) is 0 Å². The summed E-state index contributed by atoms with van der Waals surface area (Å²) in [6.45, 7) is 0. The van der Waals surface area contributed by atoms with Crippen molar-refractivity contribution < 1.29 is 5.11 Å². The average molecular weight is 211 g/mol. The van der Waals surface area contributed by atoms with E-state index in [1.807, 2.05) is 11.8 Å². The molecule has 0 spiro atoms. The zero-order chi connectivity index (χ0) is 10.0. The highest BCUT2D eigenvalue weighted by Crippen LogP contribution is 2.45. The Morgan fingerprint density at radius 1 is 1.43 bits per heavy atom. The SMILES string of the molecule is N#CC1(C(O)C2CCSC2)CCCC1. The van der Waals surface area contributed by atoms with Gasteiger partial charge < -0.3 is 5.11 Å². The Labute approximate surface area is 89.7 Å². The first-order valence-electron chi connectivity index (χ1n) is 5.45. The summed E-state index contributed by atoms with van der Waals surface area (Å²) in [5, 5.41) is 19.5. The van der Waals surface area contributed by atoms with E-state index in [-0.39, 0.29) is 6.10 Å². The van der Waals surface area contributed by atoms with Crippen LogP contribution in [0.15, 0.2) is 0 Å². The minimum atomic E-state index is -0.393. The molecule has 1 saturated carbocycles. The topological polar surface area (TPSA) is 44.0 Å². The maximum atomic E-state index is 10.3. The van der Waals surface area contributed by atoms with Gasteiger partial charge in [-0.15, -0.1) is 0 Å². The second-order valence-electron chi connectivity index (χ2n) is 4.54. The molecule has 0 radical (unpaired) electrons. The predicted molar refractivity (Wildman–Crippen MR) is 58.0 cm³/mol. The normalized spacial score (nSPS) is 32.7. The monoisotopic (exact) mass is 211 g/mol. The average Bonchev–Trinajstić information content (AvgIpc) is 2.89. The third kappa shape index (κ3) is 1.66. The maximum Gasteiger partial charge on any atom is 0.0835 e. The van der Waals surface area contributed by atoms with Crippen LogP contribution in [-0.4, -0.2) is 22.7 Å². The number of rotatable bonds is 2. The van der Waals surface area contributed by atoms with Gasteiger partial charge in [-0.1, -0.05) is 12.8 Å². The van der Waals surface area contributed by atoms with Crippen molar-refractivity contribution in [3.63, 3.8) is 0 Å². The van der Waals surface area contributed by atoms with E-state index in [0.717, 1.165) is 43.6 Å². The van der Waals surface area contributed by atoms with Crippen molar-refractivity contribution >= 4 is 11.8 Å². The second kappa shape index (κ2) is 4.12. The molecule has 2 unspecified atom stereocenters. The molecular weight excluding hydrogens is 194 g/mol. The first kappa shape index (κ1) is 10.3. The van der Waals surface area contributed by atoms with E-state index in [9.17, 15) is 10.4 Å². The zero-order valence-corrected chi connectivity index (χ0v) is 9.22. The van der Waals surface area contributed by atoms with E-state index in [1.54, 1.807) is 0 Å². The van der Waals surface area contributed by atoms with Crippen LogP contribution in [0.3, 0.4) is 0 Å². The molecule has 0 amide bonds. The van der Waals surface area contributed by atoms with Gasteiger partial charge in [0, 0.05) is 0 Å². The van der Waals surface area contributed by atoms with Crippen LogP contribution in [0.2, 0.25) is 0 Å². The molecule has 0 aromatic heterocycles. The number of nitrogens with zero attached hydrogens (tertiary/aromatic N) is 1. The minimum absolute atomic E-state index is 0.370. The summed E-state index contributed by atoms with van der Waals surface area (Å²) in [7, 11) is 0. The molecule has 14 heavy (non-hydrogen) atoms. The van der Waals surface area contributed by atoms with Gasteiger partial charge in [-0.2, -0.15) is 17.0 Å². The molecule has 1 heterocycles. The molecule has 2 rings (SSSR count). The summed E-state index contributed by atoms with van der Waals surface area (Å²) in [5.41, 5.74) is -0.393. The number of hydrogen-bond acceptors (Lipinski definition) is 3. The number of hydrogen-bond donors (Lipinski definition) is 1. The van der Waals surface area contributed by atoms with Gasteiger partial charge in [0.15, 0.2) is 0 Å². The molecule has 2 nitrogen and oxygen atoms in total. The van der Waals surface area contributed by atoms with Crippen molar-refractivity contribution in [1.82, 2.24) is 0 Å². The standard InChI is InChI=1S/C11H17NOS/c12-8-11(4-1-2-5-11)10(13)9-3-6-14-7-9/h9-10,13H,1-7H2. The molecule has 2 atom stereocenters. The summed E-state index contributed by atoms with van der Waals surface area (Å²) in [5.74, 6) is 2.58. The van der Waals surface area contributed by atoms with Crippen LogP contribution in [0.25, 0.3) is 0 Å². The largest absolute Gasteiger partial charge is 0.391 e. The fraction of sp³-hybridized carbons (Fsp3) is 0.909. The quantitative estimate of drug-likeness (QED) is 0.761. The molecule has 1 aliphatic heterocycles.